The lowest BCUT2D eigenvalue weighted by atomic mass is 10.1. The van der Waals surface area contributed by atoms with Crippen molar-refractivity contribution in [1.29, 1.82) is 0 Å². The zero-order valence-electron chi connectivity index (χ0n) is 11.4. The number of aromatic nitrogens is 1. The number of ether oxygens (including phenoxy) is 2. The molecule has 1 aliphatic rings. The van der Waals surface area contributed by atoms with Crippen LogP contribution in [0.2, 0.25) is 0 Å². The van der Waals surface area contributed by atoms with Crippen LogP contribution in [-0.2, 0) is 9.47 Å². The van der Waals surface area contributed by atoms with Gasteiger partial charge in [-0.2, -0.15) is 4.37 Å². The van der Waals surface area contributed by atoms with E-state index in [0.717, 1.165) is 30.9 Å². The Morgan fingerprint density at radius 2 is 2.25 bits per heavy atom. The molecule has 3 N–H and O–H groups in total. The second-order valence-electron chi connectivity index (χ2n) is 4.52. The zero-order chi connectivity index (χ0) is 14.5. The largest absolute Gasteiger partial charge is 0.465 e. The van der Waals surface area contributed by atoms with Crippen LogP contribution >= 0.6 is 11.5 Å². The number of aliphatic hydroxyl groups excluding tert-OH is 1. The molecule has 0 radical (unpaired) electrons. The Morgan fingerprint density at radius 1 is 1.55 bits per heavy atom. The Morgan fingerprint density at radius 3 is 2.85 bits per heavy atom. The molecule has 2 rings (SSSR count). The Kier molecular flexibility index (Phi) is 5.16. The van der Waals surface area contributed by atoms with Gasteiger partial charge in [0.1, 0.15) is 10.6 Å². The number of rotatable bonds is 5. The summed E-state index contributed by atoms with van der Waals surface area (Å²) in [7, 11) is 1.33. The highest BCUT2D eigenvalue weighted by Gasteiger charge is 2.27. The first-order valence-electron chi connectivity index (χ1n) is 6.48. The maximum atomic E-state index is 11.7. The van der Waals surface area contributed by atoms with E-state index in [1.54, 1.807) is 0 Å². The molecule has 2 heterocycles. The number of nitrogen functional groups attached to an aromatic ring is 1. The van der Waals surface area contributed by atoms with Gasteiger partial charge in [0, 0.05) is 13.1 Å². The van der Waals surface area contributed by atoms with E-state index < -0.39 is 5.97 Å². The van der Waals surface area contributed by atoms with Crippen LogP contribution in [0, 0.1) is 0 Å². The lowest BCUT2D eigenvalue weighted by Gasteiger charge is -2.32. The van der Waals surface area contributed by atoms with Gasteiger partial charge in [-0.25, -0.2) is 4.79 Å². The van der Waals surface area contributed by atoms with Crippen molar-refractivity contribution >= 4 is 28.3 Å². The fraction of sp³-hybridized carbons (Fsp3) is 0.667. The third-order valence-corrected chi connectivity index (χ3v) is 4.19. The van der Waals surface area contributed by atoms with Crippen molar-refractivity contribution in [2.75, 3.05) is 44.0 Å². The third kappa shape index (κ3) is 3.20. The third-order valence-electron chi connectivity index (χ3n) is 3.26. The average Bonchev–Trinajstić information content (AvgIpc) is 2.86. The fourth-order valence-electron chi connectivity index (χ4n) is 2.25. The number of anilines is 2. The van der Waals surface area contributed by atoms with Crippen LogP contribution in [0.1, 0.15) is 23.2 Å². The minimum absolute atomic E-state index is 0.0398. The second kappa shape index (κ2) is 6.87. The Bertz CT molecular complexity index is 458. The van der Waals surface area contributed by atoms with Crippen molar-refractivity contribution in [3.63, 3.8) is 0 Å². The molecule has 0 amide bonds. The Balaban J connectivity index is 2.02. The number of esters is 1. The summed E-state index contributed by atoms with van der Waals surface area (Å²) in [4.78, 5) is 13.8. The van der Waals surface area contributed by atoms with E-state index in [-0.39, 0.29) is 18.5 Å². The summed E-state index contributed by atoms with van der Waals surface area (Å²) in [6, 6.07) is 0. The molecule has 0 spiro atoms. The first-order chi connectivity index (χ1) is 9.67. The molecule has 112 valence electrons. The van der Waals surface area contributed by atoms with Gasteiger partial charge in [-0.15, -0.1) is 0 Å². The molecule has 1 saturated heterocycles. The van der Waals surface area contributed by atoms with E-state index >= 15 is 0 Å². The fourth-order valence-corrected chi connectivity index (χ4v) is 3.10. The first kappa shape index (κ1) is 15.0. The minimum Gasteiger partial charge on any atom is -0.465 e. The van der Waals surface area contributed by atoms with Crippen LogP contribution in [-0.4, -0.2) is 55.0 Å². The molecular weight excluding hydrogens is 282 g/mol. The highest BCUT2D eigenvalue weighted by molar-refractivity contribution is 7.11. The lowest BCUT2D eigenvalue weighted by molar-refractivity contribution is 0.0159. The SMILES string of the molecule is COC(=O)c1c(N)nsc1N1CCC(OCCO)CC1. The molecule has 0 saturated carbocycles. The maximum Gasteiger partial charge on any atom is 0.344 e. The van der Waals surface area contributed by atoms with Crippen molar-refractivity contribution in [1.82, 2.24) is 4.37 Å². The summed E-state index contributed by atoms with van der Waals surface area (Å²) in [5.74, 6) is -0.236. The summed E-state index contributed by atoms with van der Waals surface area (Å²) in [6.45, 7) is 1.94. The molecule has 1 aliphatic heterocycles. The van der Waals surface area contributed by atoms with Crippen molar-refractivity contribution in [2.24, 2.45) is 0 Å². The Hall–Kier alpha value is -1.38. The number of aliphatic hydroxyl groups is 1. The van der Waals surface area contributed by atoms with Gasteiger partial charge >= 0.3 is 5.97 Å². The zero-order valence-corrected chi connectivity index (χ0v) is 12.2. The quantitative estimate of drug-likeness (QED) is 0.764. The molecule has 1 aromatic heterocycles. The van der Waals surface area contributed by atoms with Crippen LogP contribution in [0.4, 0.5) is 10.8 Å². The summed E-state index contributed by atoms with van der Waals surface area (Å²) in [5, 5.41) is 9.51. The number of methoxy groups -OCH3 is 1. The van der Waals surface area contributed by atoms with Crippen LogP contribution in [0.15, 0.2) is 0 Å². The van der Waals surface area contributed by atoms with E-state index in [4.69, 9.17) is 20.3 Å². The molecule has 0 unspecified atom stereocenters. The van der Waals surface area contributed by atoms with Crippen molar-refractivity contribution < 1.29 is 19.4 Å². The molecule has 0 aromatic carbocycles. The normalized spacial score (nSPS) is 16.4. The van der Waals surface area contributed by atoms with Gasteiger partial charge in [-0.05, 0) is 24.4 Å². The van der Waals surface area contributed by atoms with Gasteiger partial charge in [0.2, 0.25) is 0 Å². The maximum absolute atomic E-state index is 11.7. The molecule has 1 aromatic rings. The van der Waals surface area contributed by atoms with Gasteiger partial charge < -0.3 is 25.2 Å². The minimum atomic E-state index is -0.454. The molecule has 0 bridgehead atoms. The van der Waals surface area contributed by atoms with E-state index in [1.807, 2.05) is 0 Å². The number of nitrogens with two attached hydrogens (primary N) is 1. The number of nitrogens with zero attached hydrogens (tertiary/aromatic N) is 2. The summed E-state index contributed by atoms with van der Waals surface area (Å²) in [5.41, 5.74) is 6.09. The molecule has 0 aliphatic carbocycles. The van der Waals surface area contributed by atoms with E-state index in [0.29, 0.717) is 12.2 Å². The molecule has 1 fully saturated rings. The molecule has 0 atom stereocenters. The molecule has 8 heteroatoms. The summed E-state index contributed by atoms with van der Waals surface area (Å²) in [6.07, 6.45) is 1.85. The number of carbonyl (C=O) groups is 1. The van der Waals surface area contributed by atoms with Crippen LogP contribution in [0.25, 0.3) is 0 Å². The number of hydrogen-bond donors (Lipinski definition) is 2. The molecule has 7 nitrogen and oxygen atoms in total. The predicted molar refractivity (Wildman–Crippen MR) is 76.1 cm³/mol. The lowest BCUT2D eigenvalue weighted by Crippen LogP contribution is -2.37. The topological polar surface area (TPSA) is 97.9 Å². The molecular formula is C12H19N3O4S. The number of hydrogen-bond acceptors (Lipinski definition) is 8. The predicted octanol–water partition coefficient (Wildman–Crippen LogP) is 0.490. The molecule has 20 heavy (non-hydrogen) atoms. The average molecular weight is 301 g/mol. The first-order valence-corrected chi connectivity index (χ1v) is 7.25. The smallest absolute Gasteiger partial charge is 0.344 e. The van der Waals surface area contributed by atoms with Crippen molar-refractivity contribution in [2.45, 2.75) is 18.9 Å². The summed E-state index contributed by atoms with van der Waals surface area (Å²) < 4.78 is 14.3. The van der Waals surface area contributed by atoms with E-state index in [1.165, 1.54) is 18.6 Å². The second-order valence-corrected chi connectivity index (χ2v) is 5.27. The highest BCUT2D eigenvalue weighted by Crippen LogP contribution is 2.33. The summed E-state index contributed by atoms with van der Waals surface area (Å²) >= 11 is 1.21. The van der Waals surface area contributed by atoms with Crippen LogP contribution in [0.5, 0.6) is 0 Å². The van der Waals surface area contributed by atoms with Crippen molar-refractivity contribution in [3.8, 4) is 0 Å². The van der Waals surface area contributed by atoms with Gasteiger partial charge in [0.15, 0.2) is 5.82 Å². The monoisotopic (exact) mass is 301 g/mol. The van der Waals surface area contributed by atoms with Crippen LogP contribution < -0.4 is 10.6 Å². The highest BCUT2D eigenvalue weighted by atomic mass is 32.1. The number of piperidine rings is 1. The van der Waals surface area contributed by atoms with Crippen molar-refractivity contribution in [3.05, 3.63) is 5.56 Å². The number of carbonyl (C=O) groups excluding carboxylic acids is 1. The van der Waals surface area contributed by atoms with Gasteiger partial charge in [-0.3, -0.25) is 0 Å². The van der Waals surface area contributed by atoms with Gasteiger partial charge in [-0.1, -0.05) is 0 Å². The standard InChI is InChI=1S/C12H19N3O4S/c1-18-12(17)9-10(13)14-20-11(9)15-4-2-8(3-5-15)19-7-6-16/h8,16H,2-7H2,1H3,(H2,13,14). The van der Waals surface area contributed by atoms with Gasteiger partial charge in [0.25, 0.3) is 0 Å². The van der Waals surface area contributed by atoms with Gasteiger partial charge in [0.05, 0.1) is 26.4 Å². The van der Waals surface area contributed by atoms with Crippen LogP contribution in [0.3, 0.4) is 0 Å². The Labute approximate surface area is 121 Å². The van der Waals surface area contributed by atoms with E-state index in [9.17, 15) is 4.79 Å². The van der Waals surface area contributed by atoms with E-state index in [2.05, 4.69) is 9.27 Å².